The minimum Gasteiger partial charge on any atom is -0.370 e. The van der Waals surface area contributed by atoms with Crippen molar-refractivity contribution in [1.82, 2.24) is 10.2 Å². The molecule has 3 nitrogen and oxygen atoms in total. The van der Waals surface area contributed by atoms with E-state index in [4.69, 9.17) is 0 Å². The number of benzene rings is 1. The minimum absolute atomic E-state index is 0.436. The first-order valence-corrected chi connectivity index (χ1v) is 8.51. The third kappa shape index (κ3) is 3.98. The molecule has 1 heterocycles. The summed E-state index contributed by atoms with van der Waals surface area (Å²) in [5.41, 5.74) is 2.75. The summed E-state index contributed by atoms with van der Waals surface area (Å²) in [7, 11) is 0. The maximum atomic E-state index is 3.47. The van der Waals surface area contributed by atoms with Gasteiger partial charge in [-0.25, -0.2) is 0 Å². The highest BCUT2D eigenvalue weighted by Crippen LogP contribution is 2.24. The quantitative estimate of drug-likeness (QED) is 0.831. The summed E-state index contributed by atoms with van der Waals surface area (Å²) >= 11 is 0. The lowest BCUT2D eigenvalue weighted by Crippen LogP contribution is -2.37. The maximum absolute atomic E-state index is 3.47. The van der Waals surface area contributed by atoms with Crippen molar-refractivity contribution in [2.24, 2.45) is 0 Å². The van der Waals surface area contributed by atoms with E-state index in [1.165, 1.54) is 30.8 Å². The van der Waals surface area contributed by atoms with Gasteiger partial charge in [0.15, 0.2) is 0 Å². The van der Waals surface area contributed by atoms with Crippen molar-refractivity contribution in [3.8, 4) is 0 Å². The number of hydrogen-bond donors (Lipinski definition) is 1. The van der Waals surface area contributed by atoms with E-state index in [0.29, 0.717) is 6.04 Å². The molecule has 0 spiro atoms. The number of nitrogens with one attached hydrogen (secondary N) is 1. The molecule has 0 bridgehead atoms. The number of hydrogen-bond acceptors (Lipinski definition) is 3. The van der Waals surface area contributed by atoms with Gasteiger partial charge in [0.2, 0.25) is 0 Å². The highest BCUT2D eigenvalue weighted by Gasteiger charge is 2.26. The smallest absolute Gasteiger partial charge is 0.0366 e. The molecule has 0 aromatic heterocycles. The second kappa shape index (κ2) is 7.81. The lowest BCUT2D eigenvalue weighted by Gasteiger charge is -2.26. The van der Waals surface area contributed by atoms with Crippen molar-refractivity contribution in [2.75, 3.05) is 37.6 Å². The van der Waals surface area contributed by atoms with Gasteiger partial charge in [-0.1, -0.05) is 32.9 Å². The van der Waals surface area contributed by atoms with Crippen LogP contribution in [-0.4, -0.2) is 43.7 Å². The van der Waals surface area contributed by atoms with Crippen molar-refractivity contribution in [3.05, 3.63) is 29.8 Å². The fraction of sp³-hybridized carbons (Fsp3) is 0.667. The molecule has 1 fully saturated rings. The van der Waals surface area contributed by atoms with Crippen LogP contribution in [0.25, 0.3) is 0 Å². The lowest BCUT2D eigenvalue weighted by atomic mass is 10.1. The molecule has 1 N–H and O–H groups in total. The molecule has 0 radical (unpaired) electrons. The maximum Gasteiger partial charge on any atom is 0.0366 e. The summed E-state index contributed by atoms with van der Waals surface area (Å²) in [6.45, 7) is 14.6. The third-order valence-electron chi connectivity index (χ3n) is 4.76. The lowest BCUT2D eigenvalue weighted by molar-refractivity contribution is 0.232. The van der Waals surface area contributed by atoms with Crippen LogP contribution >= 0.6 is 0 Å². The molecule has 3 heteroatoms. The Kier molecular flexibility index (Phi) is 6.07. The average molecular weight is 289 g/mol. The summed E-state index contributed by atoms with van der Waals surface area (Å²) in [5.74, 6) is 0. The van der Waals surface area contributed by atoms with Crippen LogP contribution in [0.15, 0.2) is 24.3 Å². The Morgan fingerprint density at radius 1 is 1.19 bits per heavy atom. The van der Waals surface area contributed by atoms with E-state index in [0.717, 1.165) is 25.7 Å². The predicted octanol–water partition coefficient (Wildman–Crippen LogP) is 3.28. The van der Waals surface area contributed by atoms with E-state index in [2.05, 4.69) is 67.1 Å². The number of anilines is 1. The van der Waals surface area contributed by atoms with Crippen LogP contribution in [0.3, 0.4) is 0 Å². The van der Waals surface area contributed by atoms with Gasteiger partial charge < -0.3 is 10.2 Å². The van der Waals surface area contributed by atoms with E-state index in [9.17, 15) is 0 Å². The summed E-state index contributed by atoms with van der Waals surface area (Å²) < 4.78 is 0. The average Bonchev–Trinajstić information content (AvgIpc) is 2.99. The largest absolute Gasteiger partial charge is 0.370 e. The molecular formula is C18H31N3. The summed E-state index contributed by atoms with van der Waals surface area (Å²) in [6.07, 6.45) is 1.29. The fourth-order valence-corrected chi connectivity index (χ4v) is 3.41. The fourth-order valence-electron chi connectivity index (χ4n) is 3.41. The second-order valence-electron chi connectivity index (χ2n) is 5.98. The molecular weight excluding hydrogens is 258 g/mol. The SMILES string of the molecule is CCNC(C)c1ccc(N2CCC(N(CC)CC)C2)cc1. The molecule has 1 aromatic carbocycles. The van der Waals surface area contributed by atoms with E-state index >= 15 is 0 Å². The van der Waals surface area contributed by atoms with Gasteiger partial charge in [-0.05, 0) is 50.7 Å². The Bertz CT molecular complexity index is 411. The normalized spacial score (nSPS) is 20.2. The van der Waals surface area contributed by atoms with Crippen LogP contribution in [0.1, 0.15) is 45.7 Å². The van der Waals surface area contributed by atoms with Gasteiger partial charge in [0, 0.05) is 30.9 Å². The van der Waals surface area contributed by atoms with Crippen LogP contribution in [0.5, 0.6) is 0 Å². The van der Waals surface area contributed by atoms with Gasteiger partial charge in [-0.2, -0.15) is 0 Å². The molecule has 0 aliphatic carbocycles. The highest BCUT2D eigenvalue weighted by atomic mass is 15.2. The Morgan fingerprint density at radius 3 is 2.43 bits per heavy atom. The molecule has 0 amide bonds. The topological polar surface area (TPSA) is 18.5 Å². The zero-order valence-electron chi connectivity index (χ0n) is 14.1. The van der Waals surface area contributed by atoms with Crippen LogP contribution < -0.4 is 10.2 Å². The van der Waals surface area contributed by atoms with Crippen LogP contribution in [0, 0.1) is 0 Å². The standard InChI is InChI=1S/C18H31N3/c1-5-19-15(4)16-8-10-17(11-9-16)21-13-12-18(14-21)20(6-2)7-3/h8-11,15,18-19H,5-7,12-14H2,1-4H3. The van der Waals surface area contributed by atoms with E-state index < -0.39 is 0 Å². The molecule has 2 rings (SSSR count). The van der Waals surface area contributed by atoms with Crippen LogP contribution in [-0.2, 0) is 0 Å². The van der Waals surface area contributed by atoms with Gasteiger partial charge in [-0.3, -0.25) is 4.90 Å². The molecule has 1 aliphatic heterocycles. The van der Waals surface area contributed by atoms with Crippen molar-refractivity contribution in [1.29, 1.82) is 0 Å². The van der Waals surface area contributed by atoms with E-state index in [1.807, 2.05) is 0 Å². The van der Waals surface area contributed by atoms with Gasteiger partial charge in [-0.15, -0.1) is 0 Å². The summed E-state index contributed by atoms with van der Waals surface area (Å²) in [4.78, 5) is 5.12. The molecule has 0 saturated carbocycles. The van der Waals surface area contributed by atoms with Crippen molar-refractivity contribution in [2.45, 2.75) is 46.2 Å². The first-order chi connectivity index (χ1) is 10.2. The van der Waals surface area contributed by atoms with Gasteiger partial charge >= 0.3 is 0 Å². The van der Waals surface area contributed by atoms with Gasteiger partial charge in [0.05, 0.1) is 0 Å². The zero-order chi connectivity index (χ0) is 15.2. The van der Waals surface area contributed by atoms with Crippen molar-refractivity contribution >= 4 is 5.69 Å². The minimum atomic E-state index is 0.436. The summed E-state index contributed by atoms with van der Waals surface area (Å²) in [6, 6.07) is 10.3. The van der Waals surface area contributed by atoms with Crippen molar-refractivity contribution < 1.29 is 0 Å². The Labute approximate surface area is 130 Å². The third-order valence-corrected chi connectivity index (χ3v) is 4.76. The van der Waals surface area contributed by atoms with Gasteiger partial charge in [0.25, 0.3) is 0 Å². The Morgan fingerprint density at radius 2 is 1.86 bits per heavy atom. The zero-order valence-corrected chi connectivity index (χ0v) is 14.1. The molecule has 1 saturated heterocycles. The predicted molar refractivity (Wildman–Crippen MR) is 92.1 cm³/mol. The Balaban J connectivity index is 1.97. The van der Waals surface area contributed by atoms with Crippen LogP contribution in [0.4, 0.5) is 5.69 Å². The molecule has 2 atom stereocenters. The number of likely N-dealkylation sites (N-methyl/N-ethyl adjacent to an activating group) is 1. The Hall–Kier alpha value is -1.06. The molecule has 2 unspecified atom stereocenters. The van der Waals surface area contributed by atoms with Crippen LogP contribution in [0.2, 0.25) is 0 Å². The highest BCUT2D eigenvalue weighted by molar-refractivity contribution is 5.49. The van der Waals surface area contributed by atoms with E-state index in [1.54, 1.807) is 0 Å². The molecule has 21 heavy (non-hydrogen) atoms. The number of nitrogens with zero attached hydrogens (tertiary/aromatic N) is 2. The first-order valence-electron chi connectivity index (χ1n) is 8.51. The van der Waals surface area contributed by atoms with E-state index in [-0.39, 0.29) is 0 Å². The molecule has 1 aliphatic rings. The number of rotatable bonds is 7. The molecule has 1 aromatic rings. The van der Waals surface area contributed by atoms with Gasteiger partial charge in [0.1, 0.15) is 0 Å². The van der Waals surface area contributed by atoms with Crippen molar-refractivity contribution in [3.63, 3.8) is 0 Å². The molecule has 118 valence electrons. The summed E-state index contributed by atoms with van der Waals surface area (Å²) in [5, 5.41) is 3.47. The second-order valence-corrected chi connectivity index (χ2v) is 5.98. The monoisotopic (exact) mass is 289 g/mol. The first kappa shape index (κ1) is 16.3.